The third-order valence-electron chi connectivity index (χ3n) is 5.14. The van der Waals surface area contributed by atoms with Crippen molar-refractivity contribution in [3.8, 4) is 0 Å². The summed E-state index contributed by atoms with van der Waals surface area (Å²) in [6.45, 7) is 14.5. The molecule has 29 heavy (non-hydrogen) atoms. The highest BCUT2D eigenvalue weighted by Gasteiger charge is 2.21. The van der Waals surface area contributed by atoms with E-state index in [1.807, 2.05) is 6.92 Å². The maximum atomic E-state index is 12.4. The van der Waals surface area contributed by atoms with Gasteiger partial charge >= 0.3 is 0 Å². The van der Waals surface area contributed by atoms with Gasteiger partial charge < -0.3 is 10.6 Å². The summed E-state index contributed by atoms with van der Waals surface area (Å²) in [6, 6.07) is 8.52. The zero-order valence-corrected chi connectivity index (χ0v) is 18.1. The molecule has 1 aliphatic heterocycles. The molecule has 1 aliphatic rings. The van der Waals surface area contributed by atoms with Crippen LogP contribution < -0.4 is 10.6 Å². The second-order valence-electron chi connectivity index (χ2n) is 8.27. The third kappa shape index (κ3) is 8.38. The van der Waals surface area contributed by atoms with Gasteiger partial charge in [-0.3, -0.25) is 19.4 Å². The van der Waals surface area contributed by atoms with Crippen molar-refractivity contribution in [3.05, 3.63) is 48.0 Å². The van der Waals surface area contributed by atoms with Crippen molar-refractivity contribution in [2.45, 2.75) is 33.2 Å². The van der Waals surface area contributed by atoms with Gasteiger partial charge in [0.05, 0.1) is 19.1 Å². The van der Waals surface area contributed by atoms with Gasteiger partial charge in [-0.25, -0.2) is 0 Å². The van der Waals surface area contributed by atoms with Crippen LogP contribution in [0.25, 0.3) is 0 Å². The minimum atomic E-state index is -0.00885. The van der Waals surface area contributed by atoms with Crippen molar-refractivity contribution >= 4 is 11.8 Å². The molecule has 1 aromatic carbocycles. The van der Waals surface area contributed by atoms with Gasteiger partial charge in [0.15, 0.2) is 0 Å². The molecule has 1 atom stereocenters. The minimum absolute atomic E-state index is 0.00885. The van der Waals surface area contributed by atoms with Gasteiger partial charge in [0.1, 0.15) is 0 Å². The molecule has 0 aliphatic carbocycles. The molecular weight excluding hydrogens is 364 g/mol. The van der Waals surface area contributed by atoms with Crippen LogP contribution in [-0.4, -0.2) is 67.4 Å². The molecule has 6 heteroatoms. The van der Waals surface area contributed by atoms with Gasteiger partial charge in [0.2, 0.25) is 11.8 Å². The number of hydrogen-bond donors (Lipinski definition) is 2. The van der Waals surface area contributed by atoms with E-state index < -0.39 is 0 Å². The standard InChI is InChI=1S/C23H36N4O2/c1-5-10-24-22(28)16-26-11-13-27(14-12-26)17-23(29)25-19(4)21-8-6-20(7-9-21)15-18(2)3/h5-9,18-19H,1,10-17H2,2-4H3,(H,24,28)(H,25,29). The lowest BCUT2D eigenvalue weighted by atomic mass is 10.00. The van der Waals surface area contributed by atoms with Crippen LogP contribution in [0.5, 0.6) is 0 Å². The zero-order valence-electron chi connectivity index (χ0n) is 18.1. The molecule has 2 amide bonds. The molecule has 0 radical (unpaired) electrons. The SMILES string of the molecule is C=CCNC(=O)CN1CCN(CC(=O)NC(C)c2ccc(CC(C)C)cc2)CC1. The van der Waals surface area contributed by atoms with E-state index in [0.29, 0.717) is 25.6 Å². The van der Waals surface area contributed by atoms with E-state index in [4.69, 9.17) is 0 Å². The van der Waals surface area contributed by atoms with Crippen LogP contribution >= 0.6 is 0 Å². The molecule has 1 heterocycles. The summed E-state index contributed by atoms with van der Waals surface area (Å²) in [7, 11) is 0. The Morgan fingerprint density at radius 3 is 2.07 bits per heavy atom. The Morgan fingerprint density at radius 2 is 1.55 bits per heavy atom. The third-order valence-corrected chi connectivity index (χ3v) is 5.14. The van der Waals surface area contributed by atoms with E-state index in [0.717, 1.165) is 38.2 Å². The van der Waals surface area contributed by atoms with E-state index in [9.17, 15) is 9.59 Å². The number of nitrogens with one attached hydrogen (secondary N) is 2. The molecule has 2 rings (SSSR count). The topological polar surface area (TPSA) is 64.7 Å². The highest BCUT2D eigenvalue weighted by atomic mass is 16.2. The molecule has 160 valence electrons. The zero-order chi connectivity index (χ0) is 21.2. The second kappa shape index (κ2) is 11.7. The van der Waals surface area contributed by atoms with Crippen molar-refractivity contribution in [3.63, 3.8) is 0 Å². The van der Waals surface area contributed by atoms with Crippen molar-refractivity contribution in [2.75, 3.05) is 45.8 Å². The molecule has 1 fully saturated rings. The Balaban J connectivity index is 1.71. The second-order valence-corrected chi connectivity index (χ2v) is 8.27. The first kappa shape index (κ1) is 23.1. The quantitative estimate of drug-likeness (QED) is 0.590. The molecule has 0 bridgehead atoms. The Bertz CT molecular complexity index is 664. The molecule has 1 saturated heterocycles. The lowest BCUT2D eigenvalue weighted by Gasteiger charge is -2.34. The van der Waals surface area contributed by atoms with Crippen LogP contribution in [0.4, 0.5) is 0 Å². The van der Waals surface area contributed by atoms with E-state index in [-0.39, 0.29) is 17.9 Å². The summed E-state index contributed by atoms with van der Waals surface area (Å²) in [5.74, 6) is 0.699. The first-order valence-corrected chi connectivity index (χ1v) is 10.6. The van der Waals surface area contributed by atoms with Crippen LogP contribution in [0.1, 0.15) is 37.9 Å². The maximum absolute atomic E-state index is 12.4. The van der Waals surface area contributed by atoms with Crippen LogP contribution in [0.3, 0.4) is 0 Å². The molecule has 2 N–H and O–H groups in total. The molecule has 0 aromatic heterocycles. The Kier molecular flexibility index (Phi) is 9.35. The summed E-state index contributed by atoms with van der Waals surface area (Å²) in [5, 5.41) is 5.90. The average molecular weight is 401 g/mol. The predicted molar refractivity (Wildman–Crippen MR) is 118 cm³/mol. The fourth-order valence-corrected chi connectivity index (χ4v) is 3.54. The summed E-state index contributed by atoms with van der Waals surface area (Å²) >= 11 is 0. The summed E-state index contributed by atoms with van der Waals surface area (Å²) in [5.41, 5.74) is 2.46. The van der Waals surface area contributed by atoms with Crippen molar-refractivity contribution in [1.82, 2.24) is 20.4 Å². The molecule has 1 aromatic rings. The first-order valence-electron chi connectivity index (χ1n) is 10.6. The van der Waals surface area contributed by atoms with Crippen molar-refractivity contribution in [1.29, 1.82) is 0 Å². The summed E-state index contributed by atoms with van der Waals surface area (Å²) < 4.78 is 0. The van der Waals surface area contributed by atoms with E-state index >= 15 is 0 Å². The summed E-state index contributed by atoms with van der Waals surface area (Å²) in [4.78, 5) is 28.5. The first-order chi connectivity index (χ1) is 13.9. The van der Waals surface area contributed by atoms with Gasteiger partial charge in [0, 0.05) is 32.7 Å². The Morgan fingerprint density at radius 1 is 1.00 bits per heavy atom. The number of nitrogens with zero attached hydrogens (tertiary/aromatic N) is 2. The van der Waals surface area contributed by atoms with Crippen molar-refractivity contribution < 1.29 is 9.59 Å². The lowest BCUT2D eigenvalue weighted by Crippen LogP contribution is -2.51. The average Bonchev–Trinajstić information content (AvgIpc) is 2.68. The van der Waals surface area contributed by atoms with Crippen molar-refractivity contribution in [2.24, 2.45) is 5.92 Å². The van der Waals surface area contributed by atoms with E-state index in [1.165, 1.54) is 5.56 Å². The fraction of sp³-hybridized carbons (Fsp3) is 0.565. The van der Waals surface area contributed by atoms with Crippen LogP contribution in [0.15, 0.2) is 36.9 Å². The normalized spacial score (nSPS) is 16.4. The van der Waals surface area contributed by atoms with Gasteiger partial charge in [-0.05, 0) is 30.4 Å². The monoisotopic (exact) mass is 400 g/mol. The maximum Gasteiger partial charge on any atom is 0.234 e. The number of amides is 2. The van der Waals surface area contributed by atoms with E-state index in [1.54, 1.807) is 6.08 Å². The fourth-order valence-electron chi connectivity index (χ4n) is 3.54. The highest BCUT2D eigenvalue weighted by molar-refractivity contribution is 5.79. The number of rotatable bonds is 10. The lowest BCUT2D eigenvalue weighted by molar-refractivity contribution is -0.125. The summed E-state index contributed by atoms with van der Waals surface area (Å²) in [6.07, 6.45) is 2.75. The van der Waals surface area contributed by atoms with Gasteiger partial charge in [-0.1, -0.05) is 44.2 Å². The minimum Gasteiger partial charge on any atom is -0.352 e. The van der Waals surface area contributed by atoms with Crippen LogP contribution in [0, 0.1) is 5.92 Å². The number of piperazine rings is 1. The molecule has 0 spiro atoms. The van der Waals surface area contributed by atoms with Gasteiger partial charge in [-0.15, -0.1) is 6.58 Å². The highest BCUT2D eigenvalue weighted by Crippen LogP contribution is 2.15. The Hall–Kier alpha value is -2.18. The number of hydrogen-bond acceptors (Lipinski definition) is 4. The molecule has 6 nitrogen and oxygen atoms in total. The number of benzene rings is 1. The smallest absolute Gasteiger partial charge is 0.234 e. The van der Waals surface area contributed by atoms with Gasteiger partial charge in [0.25, 0.3) is 0 Å². The molecule has 0 saturated carbocycles. The largest absolute Gasteiger partial charge is 0.352 e. The van der Waals surface area contributed by atoms with Gasteiger partial charge in [-0.2, -0.15) is 0 Å². The number of carbonyl (C=O) groups excluding carboxylic acids is 2. The van der Waals surface area contributed by atoms with Crippen LogP contribution in [0.2, 0.25) is 0 Å². The molecular formula is C23H36N4O2. The van der Waals surface area contributed by atoms with E-state index in [2.05, 4.69) is 65.1 Å². The number of carbonyl (C=O) groups is 2. The predicted octanol–water partition coefficient (Wildman–Crippen LogP) is 1.98. The Labute approximate surface area is 175 Å². The van der Waals surface area contributed by atoms with Crippen LogP contribution in [-0.2, 0) is 16.0 Å². The molecule has 1 unspecified atom stereocenters.